The van der Waals surface area contributed by atoms with E-state index in [1.165, 1.54) is 13.1 Å². The average Bonchev–Trinajstić information content (AvgIpc) is 2.32. The normalized spacial score (nSPS) is 10.9. The SMILES string of the molecule is Cn1c(=O)oc2c(F)cc(O)cc21. The second kappa shape index (κ2) is 2.35. The van der Waals surface area contributed by atoms with Gasteiger partial charge in [0, 0.05) is 19.2 Å². The van der Waals surface area contributed by atoms with Crippen LogP contribution in [-0.4, -0.2) is 9.67 Å². The average molecular weight is 183 g/mol. The van der Waals surface area contributed by atoms with Gasteiger partial charge in [0.1, 0.15) is 5.75 Å². The zero-order valence-electron chi connectivity index (χ0n) is 6.74. The van der Waals surface area contributed by atoms with E-state index in [-0.39, 0.29) is 16.8 Å². The smallest absolute Gasteiger partial charge is 0.419 e. The topological polar surface area (TPSA) is 55.4 Å². The summed E-state index contributed by atoms with van der Waals surface area (Å²) in [5, 5.41) is 9.05. The second-order valence-corrected chi connectivity index (χ2v) is 2.70. The van der Waals surface area contributed by atoms with Crippen molar-refractivity contribution in [2.75, 3.05) is 0 Å². The van der Waals surface area contributed by atoms with E-state index in [1.54, 1.807) is 0 Å². The van der Waals surface area contributed by atoms with E-state index < -0.39 is 11.6 Å². The summed E-state index contributed by atoms with van der Waals surface area (Å²) >= 11 is 0. The van der Waals surface area contributed by atoms with Crippen molar-refractivity contribution in [3.63, 3.8) is 0 Å². The fourth-order valence-corrected chi connectivity index (χ4v) is 1.17. The van der Waals surface area contributed by atoms with E-state index in [0.29, 0.717) is 0 Å². The lowest BCUT2D eigenvalue weighted by Gasteiger charge is -1.94. The number of aromatic nitrogens is 1. The van der Waals surface area contributed by atoms with Gasteiger partial charge >= 0.3 is 5.76 Å². The summed E-state index contributed by atoms with van der Waals surface area (Å²) in [7, 11) is 1.44. The number of phenolic OH excluding ortho intramolecular Hbond substituents is 1. The van der Waals surface area contributed by atoms with Gasteiger partial charge in [0.15, 0.2) is 11.4 Å². The van der Waals surface area contributed by atoms with Crippen molar-refractivity contribution in [3.05, 3.63) is 28.5 Å². The molecule has 1 aromatic carbocycles. The molecule has 0 radical (unpaired) electrons. The number of rotatable bonds is 0. The fraction of sp³-hybridized carbons (Fsp3) is 0.125. The molecule has 0 aliphatic rings. The van der Waals surface area contributed by atoms with E-state index in [4.69, 9.17) is 5.11 Å². The van der Waals surface area contributed by atoms with Crippen molar-refractivity contribution < 1.29 is 13.9 Å². The van der Waals surface area contributed by atoms with Crippen LogP contribution >= 0.6 is 0 Å². The first-order chi connectivity index (χ1) is 6.09. The molecule has 0 bridgehead atoms. The quantitative estimate of drug-likeness (QED) is 0.662. The molecule has 1 heterocycles. The first-order valence-electron chi connectivity index (χ1n) is 3.57. The van der Waals surface area contributed by atoms with Crippen molar-refractivity contribution in [1.29, 1.82) is 0 Å². The molecule has 0 spiro atoms. The molecule has 1 N–H and O–H groups in total. The second-order valence-electron chi connectivity index (χ2n) is 2.70. The first kappa shape index (κ1) is 7.85. The van der Waals surface area contributed by atoms with Crippen molar-refractivity contribution in [3.8, 4) is 5.75 Å². The van der Waals surface area contributed by atoms with Crippen molar-refractivity contribution >= 4 is 11.1 Å². The number of aromatic hydroxyl groups is 1. The molecular formula is C8H6FNO3. The highest BCUT2D eigenvalue weighted by Gasteiger charge is 2.11. The van der Waals surface area contributed by atoms with Crippen LogP contribution in [0.25, 0.3) is 11.1 Å². The van der Waals surface area contributed by atoms with Crippen molar-refractivity contribution in [2.45, 2.75) is 0 Å². The maximum absolute atomic E-state index is 13.0. The number of phenols is 1. The number of nitrogens with zero attached hydrogens (tertiary/aromatic N) is 1. The molecule has 2 aromatic rings. The van der Waals surface area contributed by atoms with Gasteiger partial charge in [-0.2, -0.15) is 0 Å². The van der Waals surface area contributed by atoms with E-state index in [1.807, 2.05) is 0 Å². The zero-order valence-corrected chi connectivity index (χ0v) is 6.74. The summed E-state index contributed by atoms with van der Waals surface area (Å²) in [6.07, 6.45) is 0. The predicted molar refractivity (Wildman–Crippen MR) is 43.1 cm³/mol. The summed E-state index contributed by atoms with van der Waals surface area (Å²) in [4.78, 5) is 10.9. The molecule has 68 valence electrons. The number of hydrogen-bond acceptors (Lipinski definition) is 3. The fourth-order valence-electron chi connectivity index (χ4n) is 1.17. The Hall–Kier alpha value is -1.78. The Balaban J connectivity index is 3.03. The van der Waals surface area contributed by atoms with E-state index in [0.717, 1.165) is 10.6 Å². The maximum Gasteiger partial charge on any atom is 0.419 e. The molecule has 0 saturated heterocycles. The summed E-state index contributed by atoms with van der Waals surface area (Å²) in [6.45, 7) is 0. The van der Waals surface area contributed by atoms with Gasteiger partial charge in [-0.3, -0.25) is 4.57 Å². The Kier molecular flexibility index (Phi) is 1.42. The molecule has 2 rings (SSSR count). The molecule has 0 unspecified atom stereocenters. The van der Waals surface area contributed by atoms with Gasteiger partial charge in [0.25, 0.3) is 0 Å². The predicted octanol–water partition coefficient (Wildman–Crippen LogP) is 0.976. The molecule has 0 amide bonds. The van der Waals surface area contributed by atoms with Gasteiger partial charge in [-0.1, -0.05) is 0 Å². The van der Waals surface area contributed by atoms with Gasteiger partial charge < -0.3 is 9.52 Å². The van der Waals surface area contributed by atoms with Crippen LogP contribution in [0.1, 0.15) is 0 Å². The highest BCUT2D eigenvalue weighted by Crippen LogP contribution is 2.21. The van der Waals surface area contributed by atoms with Crippen LogP contribution in [-0.2, 0) is 7.05 Å². The Morgan fingerprint density at radius 1 is 1.54 bits per heavy atom. The summed E-state index contributed by atoms with van der Waals surface area (Å²) < 4.78 is 18.8. The van der Waals surface area contributed by atoms with Crippen LogP contribution in [0.2, 0.25) is 0 Å². The third-order valence-corrected chi connectivity index (χ3v) is 1.83. The molecule has 0 fully saturated rings. The number of oxazole rings is 1. The maximum atomic E-state index is 13.0. The Morgan fingerprint density at radius 3 is 2.92 bits per heavy atom. The molecule has 4 nitrogen and oxygen atoms in total. The summed E-state index contributed by atoms with van der Waals surface area (Å²) in [6, 6.07) is 2.16. The third-order valence-electron chi connectivity index (χ3n) is 1.83. The molecule has 0 aliphatic heterocycles. The van der Waals surface area contributed by atoms with Gasteiger partial charge in [-0.05, 0) is 0 Å². The monoisotopic (exact) mass is 183 g/mol. The van der Waals surface area contributed by atoms with Gasteiger partial charge in [-0.15, -0.1) is 0 Å². The molecule has 0 saturated carbocycles. The van der Waals surface area contributed by atoms with Crippen LogP contribution in [0.5, 0.6) is 5.75 Å². The van der Waals surface area contributed by atoms with Crippen LogP contribution in [0.15, 0.2) is 21.3 Å². The minimum absolute atomic E-state index is 0.134. The largest absolute Gasteiger partial charge is 0.508 e. The Bertz CT molecular complexity index is 526. The van der Waals surface area contributed by atoms with Crippen LogP contribution in [0, 0.1) is 5.82 Å². The van der Waals surface area contributed by atoms with Gasteiger partial charge in [0.2, 0.25) is 0 Å². The lowest BCUT2D eigenvalue weighted by Crippen LogP contribution is -2.08. The molecule has 1 aromatic heterocycles. The van der Waals surface area contributed by atoms with E-state index in [2.05, 4.69) is 4.42 Å². The van der Waals surface area contributed by atoms with Crippen LogP contribution < -0.4 is 5.76 Å². The number of halogens is 1. The van der Waals surface area contributed by atoms with Gasteiger partial charge in [-0.25, -0.2) is 9.18 Å². The van der Waals surface area contributed by atoms with Gasteiger partial charge in [0.05, 0.1) is 5.52 Å². The van der Waals surface area contributed by atoms with E-state index in [9.17, 15) is 9.18 Å². The van der Waals surface area contributed by atoms with Crippen LogP contribution in [0.4, 0.5) is 4.39 Å². The van der Waals surface area contributed by atoms with Crippen molar-refractivity contribution in [2.24, 2.45) is 7.05 Å². The molecule has 0 atom stereocenters. The Morgan fingerprint density at radius 2 is 2.23 bits per heavy atom. The number of fused-ring (bicyclic) bond motifs is 1. The zero-order chi connectivity index (χ0) is 9.59. The highest BCUT2D eigenvalue weighted by molar-refractivity contribution is 5.75. The molecule has 13 heavy (non-hydrogen) atoms. The Labute approximate surface area is 71.8 Å². The first-order valence-corrected chi connectivity index (χ1v) is 3.57. The summed E-state index contributed by atoms with van der Waals surface area (Å²) in [5.74, 6) is -1.63. The summed E-state index contributed by atoms with van der Waals surface area (Å²) in [5.41, 5.74) is 0.104. The molecule has 5 heteroatoms. The van der Waals surface area contributed by atoms with Crippen LogP contribution in [0.3, 0.4) is 0 Å². The van der Waals surface area contributed by atoms with E-state index >= 15 is 0 Å². The van der Waals surface area contributed by atoms with Crippen molar-refractivity contribution in [1.82, 2.24) is 4.57 Å². The number of aryl methyl sites for hydroxylation is 1. The number of hydrogen-bond donors (Lipinski definition) is 1. The third kappa shape index (κ3) is 1.00. The standard InChI is InChI=1S/C8H6FNO3/c1-10-6-3-4(11)2-5(9)7(6)13-8(10)12/h2-3,11H,1H3. The molecular weight excluding hydrogens is 177 g/mol. The number of benzene rings is 1. The lowest BCUT2D eigenvalue weighted by atomic mass is 10.3. The molecule has 0 aliphatic carbocycles. The minimum Gasteiger partial charge on any atom is -0.508 e. The highest BCUT2D eigenvalue weighted by atomic mass is 19.1. The lowest BCUT2D eigenvalue weighted by molar-refractivity contribution is 0.467. The minimum atomic E-state index is -0.743.